The van der Waals surface area contributed by atoms with E-state index in [0.29, 0.717) is 16.8 Å². The van der Waals surface area contributed by atoms with Crippen LogP contribution in [0.4, 0.5) is 0 Å². The van der Waals surface area contributed by atoms with Gasteiger partial charge in [-0.05, 0) is 28.1 Å². The first-order chi connectivity index (χ1) is 8.61. The van der Waals surface area contributed by atoms with Gasteiger partial charge in [-0.3, -0.25) is 4.79 Å². The Hall–Kier alpha value is -1.47. The van der Waals surface area contributed by atoms with E-state index >= 15 is 0 Å². The van der Waals surface area contributed by atoms with Gasteiger partial charge in [0, 0.05) is 12.7 Å². The summed E-state index contributed by atoms with van der Waals surface area (Å²) >= 11 is 3.18. The highest BCUT2D eigenvalue weighted by Crippen LogP contribution is 2.18. The summed E-state index contributed by atoms with van der Waals surface area (Å²) in [7, 11) is 0. The van der Waals surface area contributed by atoms with Crippen LogP contribution < -0.4 is 0 Å². The number of amides is 1. The molecule has 0 aliphatic carbocycles. The summed E-state index contributed by atoms with van der Waals surface area (Å²) in [5.41, 5.74) is 0.352. The highest BCUT2D eigenvalue weighted by molar-refractivity contribution is 9.10. The number of ether oxygens (including phenoxy) is 1. The summed E-state index contributed by atoms with van der Waals surface area (Å²) in [6.07, 6.45) is 1.55. The van der Waals surface area contributed by atoms with Crippen LogP contribution in [0.15, 0.2) is 22.9 Å². The number of morpholine rings is 1. The number of hydrogen-bond acceptors (Lipinski definition) is 4. The number of nitrogens with zero attached hydrogens (tertiary/aromatic N) is 2. The van der Waals surface area contributed by atoms with E-state index in [4.69, 9.17) is 9.84 Å². The van der Waals surface area contributed by atoms with Crippen LogP contribution in [-0.4, -0.2) is 52.7 Å². The van der Waals surface area contributed by atoms with Crippen molar-refractivity contribution in [1.82, 2.24) is 9.88 Å². The molecular formula is C11H11BrN2O4. The van der Waals surface area contributed by atoms with Gasteiger partial charge in [0.1, 0.15) is 4.60 Å². The predicted molar refractivity (Wildman–Crippen MR) is 65.2 cm³/mol. The molecule has 1 aromatic rings. The molecule has 0 aromatic carbocycles. The van der Waals surface area contributed by atoms with Crippen LogP contribution in [0.2, 0.25) is 0 Å². The summed E-state index contributed by atoms with van der Waals surface area (Å²) in [6.45, 7) is 0.615. The van der Waals surface area contributed by atoms with Crippen LogP contribution in [0.3, 0.4) is 0 Å². The van der Waals surface area contributed by atoms with Crippen LogP contribution in [0.5, 0.6) is 0 Å². The van der Waals surface area contributed by atoms with E-state index in [9.17, 15) is 9.59 Å². The van der Waals surface area contributed by atoms with Crippen molar-refractivity contribution in [3.8, 4) is 0 Å². The second-order valence-electron chi connectivity index (χ2n) is 3.77. The fourth-order valence-electron chi connectivity index (χ4n) is 1.75. The van der Waals surface area contributed by atoms with Crippen molar-refractivity contribution in [3.05, 3.63) is 28.5 Å². The standard InChI is InChI=1S/C11H11BrN2O4/c12-9-7(2-1-3-13-9)10(15)14-4-5-18-6-8(14)11(16)17/h1-3,8H,4-6H2,(H,16,17). The van der Waals surface area contributed by atoms with Gasteiger partial charge in [0.15, 0.2) is 6.04 Å². The first kappa shape index (κ1) is 13.0. The molecule has 18 heavy (non-hydrogen) atoms. The molecule has 1 atom stereocenters. The number of carbonyl (C=O) groups excluding carboxylic acids is 1. The molecule has 1 aliphatic rings. The molecule has 1 aromatic heterocycles. The van der Waals surface area contributed by atoms with Crippen molar-refractivity contribution in [2.75, 3.05) is 19.8 Å². The Morgan fingerprint density at radius 3 is 3.00 bits per heavy atom. The predicted octanol–water partition coefficient (Wildman–Crippen LogP) is 0.770. The van der Waals surface area contributed by atoms with Gasteiger partial charge in [0.25, 0.3) is 5.91 Å². The first-order valence-electron chi connectivity index (χ1n) is 5.33. The van der Waals surface area contributed by atoms with Crippen molar-refractivity contribution < 1.29 is 19.4 Å². The van der Waals surface area contributed by atoms with Gasteiger partial charge in [-0.25, -0.2) is 9.78 Å². The highest BCUT2D eigenvalue weighted by atomic mass is 79.9. The van der Waals surface area contributed by atoms with Crippen molar-refractivity contribution >= 4 is 27.8 Å². The van der Waals surface area contributed by atoms with E-state index in [1.807, 2.05) is 0 Å². The summed E-state index contributed by atoms with van der Waals surface area (Å²) in [5.74, 6) is -1.42. The second kappa shape index (κ2) is 5.45. The minimum absolute atomic E-state index is 0.0129. The molecule has 0 saturated carbocycles. The van der Waals surface area contributed by atoms with Crippen LogP contribution in [-0.2, 0) is 9.53 Å². The van der Waals surface area contributed by atoms with Crippen molar-refractivity contribution in [2.45, 2.75) is 6.04 Å². The number of carboxylic acids is 1. The zero-order valence-electron chi connectivity index (χ0n) is 9.38. The number of carbonyl (C=O) groups is 2. The molecule has 1 fully saturated rings. The van der Waals surface area contributed by atoms with E-state index in [1.165, 1.54) is 4.90 Å². The van der Waals surface area contributed by atoms with Gasteiger partial charge in [0.2, 0.25) is 0 Å². The Kier molecular flexibility index (Phi) is 3.93. The van der Waals surface area contributed by atoms with Gasteiger partial charge in [-0.2, -0.15) is 0 Å². The maximum Gasteiger partial charge on any atom is 0.328 e. The Balaban J connectivity index is 2.27. The Morgan fingerprint density at radius 1 is 1.56 bits per heavy atom. The number of aromatic nitrogens is 1. The lowest BCUT2D eigenvalue weighted by Gasteiger charge is -2.32. The molecule has 0 radical (unpaired) electrons. The number of aliphatic carboxylic acids is 1. The third kappa shape index (κ3) is 2.51. The second-order valence-corrected chi connectivity index (χ2v) is 4.52. The number of hydrogen-bond donors (Lipinski definition) is 1. The SMILES string of the molecule is O=C(O)C1COCCN1C(=O)c1cccnc1Br. The van der Waals surface area contributed by atoms with E-state index in [0.717, 1.165) is 0 Å². The van der Waals surface area contributed by atoms with Crippen LogP contribution in [0.1, 0.15) is 10.4 Å². The van der Waals surface area contributed by atoms with Gasteiger partial charge in [0.05, 0.1) is 18.8 Å². The lowest BCUT2D eigenvalue weighted by Crippen LogP contribution is -2.52. The quantitative estimate of drug-likeness (QED) is 0.816. The molecule has 0 spiro atoms. The number of pyridine rings is 1. The molecule has 2 rings (SSSR count). The summed E-state index contributed by atoms with van der Waals surface area (Å²) < 4.78 is 5.50. The molecule has 1 aliphatic heterocycles. The van der Waals surface area contributed by atoms with Crippen LogP contribution in [0, 0.1) is 0 Å². The van der Waals surface area contributed by atoms with E-state index in [1.54, 1.807) is 18.3 Å². The molecule has 1 amide bonds. The smallest absolute Gasteiger partial charge is 0.328 e. The zero-order chi connectivity index (χ0) is 13.1. The Morgan fingerprint density at radius 2 is 2.33 bits per heavy atom. The van der Waals surface area contributed by atoms with Gasteiger partial charge >= 0.3 is 5.97 Å². The minimum Gasteiger partial charge on any atom is -0.480 e. The highest BCUT2D eigenvalue weighted by Gasteiger charge is 2.33. The molecule has 1 unspecified atom stereocenters. The lowest BCUT2D eigenvalue weighted by molar-refractivity contribution is -0.147. The molecular weight excluding hydrogens is 304 g/mol. The molecule has 1 saturated heterocycles. The van der Waals surface area contributed by atoms with E-state index < -0.39 is 12.0 Å². The first-order valence-corrected chi connectivity index (χ1v) is 6.12. The van der Waals surface area contributed by atoms with Gasteiger partial charge in [-0.15, -0.1) is 0 Å². The number of carboxylic acid groups (broad SMARTS) is 1. The third-order valence-electron chi connectivity index (χ3n) is 2.66. The summed E-state index contributed by atoms with van der Waals surface area (Å²) in [4.78, 5) is 28.6. The van der Waals surface area contributed by atoms with Crippen molar-refractivity contribution in [2.24, 2.45) is 0 Å². The number of rotatable bonds is 2. The average Bonchev–Trinajstić information content (AvgIpc) is 2.38. The summed E-state index contributed by atoms with van der Waals surface area (Å²) in [6, 6.07) is 2.29. The normalized spacial score (nSPS) is 19.6. The molecule has 2 heterocycles. The van der Waals surface area contributed by atoms with Crippen molar-refractivity contribution in [3.63, 3.8) is 0 Å². The largest absolute Gasteiger partial charge is 0.480 e. The van der Waals surface area contributed by atoms with E-state index in [2.05, 4.69) is 20.9 Å². The van der Waals surface area contributed by atoms with Crippen LogP contribution in [0.25, 0.3) is 0 Å². The Labute approximate surface area is 112 Å². The van der Waals surface area contributed by atoms with Crippen molar-refractivity contribution in [1.29, 1.82) is 0 Å². The fourth-order valence-corrected chi connectivity index (χ4v) is 2.17. The fraction of sp³-hybridized carbons (Fsp3) is 0.364. The maximum absolute atomic E-state index is 12.3. The molecule has 7 heteroatoms. The number of halogens is 1. The monoisotopic (exact) mass is 314 g/mol. The molecule has 1 N–H and O–H groups in total. The lowest BCUT2D eigenvalue weighted by atomic mass is 10.1. The molecule has 96 valence electrons. The minimum atomic E-state index is -1.07. The topological polar surface area (TPSA) is 79.7 Å². The molecule has 6 nitrogen and oxygen atoms in total. The van der Waals surface area contributed by atoms with Crippen LogP contribution >= 0.6 is 15.9 Å². The third-order valence-corrected chi connectivity index (χ3v) is 3.30. The van der Waals surface area contributed by atoms with E-state index in [-0.39, 0.29) is 19.1 Å². The van der Waals surface area contributed by atoms with Gasteiger partial charge < -0.3 is 14.7 Å². The summed E-state index contributed by atoms with van der Waals surface area (Å²) in [5, 5.41) is 9.07. The average molecular weight is 315 g/mol. The zero-order valence-corrected chi connectivity index (χ0v) is 11.0. The molecule has 0 bridgehead atoms. The maximum atomic E-state index is 12.3. The van der Waals surface area contributed by atoms with Gasteiger partial charge in [-0.1, -0.05) is 0 Å². The Bertz CT molecular complexity index is 480.